The molecule has 0 saturated heterocycles. The van der Waals surface area contributed by atoms with Gasteiger partial charge in [0.25, 0.3) is 0 Å². The third kappa shape index (κ3) is 50.1. The zero-order chi connectivity index (χ0) is 46.5. The second-order valence-electron chi connectivity index (χ2n) is 18.1. The maximum atomic E-state index is 12.8. The Bertz CT molecular complexity index is 1170. The van der Waals surface area contributed by atoms with Crippen molar-refractivity contribution in [3.63, 3.8) is 0 Å². The molecule has 0 aromatic rings. The molecule has 0 radical (unpaired) electrons. The van der Waals surface area contributed by atoms with Crippen molar-refractivity contribution in [2.75, 3.05) is 13.2 Å². The first-order chi connectivity index (χ1) is 31.5. The SMILES string of the molecule is CCCCC/C=C/C/C=C/C/C=C/C/C=C/CCCC(=O)OC[C@@H](COC(=O)CCCCCCCCCCCCCCCC)OC(=O)CCCCCCCCC/C=C/CCCCCC. The number of carbonyl (C=O) groups is 3. The van der Waals surface area contributed by atoms with E-state index in [0.717, 1.165) is 64.2 Å². The molecular weight excluding hydrogens is 793 g/mol. The van der Waals surface area contributed by atoms with Crippen molar-refractivity contribution in [3.05, 3.63) is 60.8 Å². The van der Waals surface area contributed by atoms with Gasteiger partial charge in [-0.3, -0.25) is 14.4 Å². The highest BCUT2D eigenvalue weighted by atomic mass is 16.6. The van der Waals surface area contributed by atoms with Crippen molar-refractivity contribution >= 4 is 17.9 Å². The van der Waals surface area contributed by atoms with E-state index in [2.05, 4.69) is 81.5 Å². The molecule has 0 rings (SSSR count). The second kappa shape index (κ2) is 52.7. The van der Waals surface area contributed by atoms with E-state index in [9.17, 15) is 14.4 Å². The lowest BCUT2D eigenvalue weighted by molar-refractivity contribution is -0.167. The molecule has 0 aromatic heterocycles. The third-order valence-corrected chi connectivity index (χ3v) is 11.7. The monoisotopic (exact) mass is 895 g/mol. The molecule has 0 bridgehead atoms. The Balaban J connectivity index is 4.45. The van der Waals surface area contributed by atoms with Crippen molar-refractivity contribution in [2.45, 2.75) is 277 Å². The minimum atomic E-state index is -0.796. The van der Waals surface area contributed by atoms with E-state index in [4.69, 9.17) is 14.2 Å². The van der Waals surface area contributed by atoms with Crippen LogP contribution in [0.2, 0.25) is 0 Å². The van der Waals surface area contributed by atoms with Crippen LogP contribution in [0.15, 0.2) is 60.8 Å². The van der Waals surface area contributed by atoms with E-state index in [-0.39, 0.29) is 37.5 Å². The maximum Gasteiger partial charge on any atom is 0.306 e. The summed E-state index contributed by atoms with van der Waals surface area (Å²) in [5.41, 5.74) is 0. The van der Waals surface area contributed by atoms with Crippen molar-refractivity contribution < 1.29 is 28.6 Å². The molecule has 0 aliphatic carbocycles. The number of esters is 3. The molecule has 0 fully saturated rings. The Kier molecular flexibility index (Phi) is 50.4. The fourth-order valence-corrected chi connectivity index (χ4v) is 7.61. The van der Waals surface area contributed by atoms with Crippen molar-refractivity contribution in [1.82, 2.24) is 0 Å². The number of hydrogen-bond donors (Lipinski definition) is 0. The molecule has 6 heteroatoms. The number of ether oxygens (including phenoxy) is 3. The Morgan fingerprint density at radius 3 is 1.00 bits per heavy atom. The van der Waals surface area contributed by atoms with Crippen LogP contribution >= 0.6 is 0 Å². The van der Waals surface area contributed by atoms with Gasteiger partial charge < -0.3 is 14.2 Å². The number of carbonyl (C=O) groups excluding carboxylic acids is 3. The van der Waals surface area contributed by atoms with Gasteiger partial charge in [-0.25, -0.2) is 0 Å². The molecule has 0 amide bonds. The molecule has 0 unspecified atom stereocenters. The van der Waals surface area contributed by atoms with Gasteiger partial charge in [0.1, 0.15) is 13.2 Å². The fourth-order valence-electron chi connectivity index (χ4n) is 7.61. The molecule has 6 nitrogen and oxygen atoms in total. The van der Waals surface area contributed by atoms with Crippen LogP contribution in [0, 0.1) is 0 Å². The number of rotatable bonds is 49. The second-order valence-corrected chi connectivity index (χ2v) is 18.1. The molecule has 64 heavy (non-hydrogen) atoms. The first-order valence-electron chi connectivity index (χ1n) is 27.3. The van der Waals surface area contributed by atoms with Crippen molar-refractivity contribution in [1.29, 1.82) is 0 Å². The van der Waals surface area contributed by atoms with Crippen LogP contribution < -0.4 is 0 Å². The van der Waals surface area contributed by atoms with Gasteiger partial charge in [0.15, 0.2) is 6.10 Å². The lowest BCUT2D eigenvalue weighted by Crippen LogP contribution is -2.30. The van der Waals surface area contributed by atoms with E-state index in [1.165, 1.54) is 161 Å². The molecule has 370 valence electrons. The summed E-state index contributed by atoms with van der Waals surface area (Å²) in [5.74, 6) is -0.945. The predicted octanol–water partition coefficient (Wildman–Crippen LogP) is 18.0. The summed E-state index contributed by atoms with van der Waals surface area (Å²) in [5, 5.41) is 0. The first-order valence-corrected chi connectivity index (χ1v) is 27.3. The zero-order valence-corrected chi connectivity index (χ0v) is 42.3. The van der Waals surface area contributed by atoms with E-state index >= 15 is 0 Å². The van der Waals surface area contributed by atoms with Gasteiger partial charge in [-0.15, -0.1) is 0 Å². The highest BCUT2D eigenvalue weighted by molar-refractivity contribution is 5.71. The topological polar surface area (TPSA) is 78.9 Å². The normalized spacial score (nSPS) is 12.5. The number of hydrogen-bond acceptors (Lipinski definition) is 6. The minimum absolute atomic E-state index is 0.0906. The molecule has 0 saturated carbocycles. The number of unbranched alkanes of at least 4 members (excludes halogenated alkanes) is 28. The summed E-state index contributed by atoms with van der Waals surface area (Å²) in [6, 6.07) is 0. The van der Waals surface area contributed by atoms with Crippen LogP contribution in [0.4, 0.5) is 0 Å². The number of allylic oxidation sites excluding steroid dienone is 10. The Hall–Kier alpha value is -2.89. The molecule has 0 aliphatic heterocycles. The van der Waals surface area contributed by atoms with Crippen LogP contribution in [-0.4, -0.2) is 37.2 Å². The van der Waals surface area contributed by atoms with E-state index < -0.39 is 6.10 Å². The van der Waals surface area contributed by atoms with Crippen LogP contribution in [0.3, 0.4) is 0 Å². The summed E-state index contributed by atoms with van der Waals surface area (Å²) in [7, 11) is 0. The van der Waals surface area contributed by atoms with E-state index in [0.29, 0.717) is 19.3 Å². The highest BCUT2D eigenvalue weighted by Gasteiger charge is 2.19. The fraction of sp³-hybridized carbons (Fsp3) is 0.776. The largest absolute Gasteiger partial charge is 0.462 e. The van der Waals surface area contributed by atoms with Crippen LogP contribution in [-0.2, 0) is 28.6 Å². The standard InChI is InChI=1S/C58H102O6/c1-4-7-10-13-16-19-22-25-28-29-31-33-36-39-42-45-48-51-57(60)63-54-55(53-62-56(59)50-47-44-41-38-35-32-27-24-21-18-15-12-9-6-3)64-58(61)52-49-46-43-40-37-34-30-26-23-20-17-14-11-8-5-2/h16,19-20,23,25,28,31,33,39,42,55H,4-15,17-18,21-22,24,26-27,29-30,32,34-38,40-41,43-54H2,1-3H3/b19-16+,23-20+,28-25+,33-31+,42-39+/t55-/m1/s1. The lowest BCUT2D eigenvalue weighted by atomic mass is 10.0. The first kappa shape index (κ1) is 61.1. The van der Waals surface area contributed by atoms with Gasteiger partial charge in [0, 0.05) is 19.3 Å². The van der Waals surface area contributed by atoms with Crippen molar-refractivity contribution in [3.8, 4) is 0 Å². The molecule has 0 spiro atoms. The Morgan fingerprint density at radius 2 is 0.578 bits per heavy atom. The lowest BCUT2D eigenvalue weighted by Gasteiger charge is -2.18. The van der Waals surface area contributed by atoms with Gasteiger partial charge >= 0.3 is 17.9 Å². The van der Waals surface area contributed by atoms with Crippen LogP contribution in [0.25, 0.3) is 0 Å². The van der Waals surface area contributed by atoms with Crippen LogP contribution in [0.5, 0.6) is 0 Å². The molecule has 1 atom stereocenters. The highest BCUT2D eigenvalue weighted by Crippen LogP contribution is 2.15. The molecule has 0 aromatic carbocycles. The molecule has 0 aliphatic rings. The molecular formula is C58H102O6. The third-order valence-electron chi connectivity index (χ3n) is 11.7. The van der Waals surface area contributed by atoms with E-state index in [1.54, 1.807) is 0 Å². The minimum Gasteiger partial charge on any atom is -0.462 e. The summed E-state index contributed by atoms with van der Waals surface area (Å²) in [6.45, 7) is 6.56. The Morgan fingerprint density at radius 1 is 0.312 bits per heavy atom. The smallest absolute Gasteiger partial charge is 0.306 e. The van der Waals surface area contributed by atoms with Gasteiger partial charge in [-0.05, 0) is 83.5 Å². The van der Waals surface area contributed by atoms with Gasteiger partial charge in [0.2, 0.25) is 0 Å². The Labute approximate surface area is 396 Å². The molecule has 0 heterocycles. The average Bonchev–Trinajstić information content (AvgIpc) is 3.29. The summed E-state index contributed by atoms with van der Waals surface area (Å²) < 4.78 is 16.8. The summed E-state index contributed by atoms with van der Waals surface area (Å²) in [4.78, 5) is 38.0. The molecule has 0 N–H and O–H groups in total. The zero-order valence-electron chi connectivity index (χ0n) is 42.3. The van der Waals surface area contributed by atoms with Crippen LogP contribution in [0.1, 0.15) is 271 Å². The summed E-state index contributed by atoms with van der Waals surface area (Å²) >= 11 is 0. The predicted molar refractivity (Wildman–Crippen MR) is 275 cm³/mol. The quantitative estimate of drug-likeness (QED) is 0.0262. The maximum absolute atomic E-state index is 12.8. The summed E-state index contributed by atoms with van der Waals surface area (Å²) in [6.07, 6.45) is 64.9. The van der Waals surface area contributed by atoms with Gasteiger partial charge in [0.05, 0.1) is 0 Å². The van der Waals surface area contributed by atoms with Gasteiger partial charge in [-0.1, -0.05) is 229 Å². The van der Waals surface area contributed by atoms with Crippen molar-refractivity contribution in [2.24, 2.45) is 0 Å². The van der Waals surface area contributed by atoms with E-state index in [1.807, 2.05) is 0 Å². The van der Waals surface area contributed by atoms with Gasteiger partial charge in [-0.2, -0.15) is 0 Å². The average molecular weight is 895 g/mol.